The van der Waals surface area contributed by atoms with Crippen molar-refractivity contribution in [3.8, 4) is 5.75 Å². The Labute approximate surface area is 112 Å². The monoisotopic (exact) mass is 288 g/mol. The topological polar surface area (TPSA) is 52.6 Å². The average molecular weight is 288 g/mol. The first-order valence-electron chi connectivity index (χ1n) is 5.87. The van der Waals surface area contributed by atoms with Crippen LogP contribution in [0.1, 0.15) is 16.8 Å². The lowest BCUT2D eigenvalue weighted by Crippen LogP contribution is -2.33. The first-order chi connectivity index (χ1) is 9.37. The molecule has 7 heteroatoms. The summed E-state index contributed by atoms with van der Waals surface area (Å²) in [6.45, 7) is 0.305. The summed E-state index contributed by atoms with van der Waals surface area (Å²) in [5.74, 6) is -1.96. The minimum absolute atomic E-state index is 0.0124. The van der Waals surface area contributed by atoms with Gasteiger partial charge in [0.05, 0.1) is 13.2 Å². The van der Waals surface area contributed by atoms with Crippen LogP contribution in [0.3, 0.4) is 0 Å². The third-order valence-corrected chi connectivity index (χ3v) is 2.85. The van der Waals surface area contributed by atoms with Crippen LogP contribution in [0.5, 0.6) is 5.75 Å². The lowest BCUT2D eigenvalue weighted by Gasteiger charge is -2.19. The molecule has 20 heavy (non-hydrogen) atoms. The molecule has 1 saturated heterocycles. The van der Waals surface area contributed by atoms with Crippen LogP contribution in [0.15, 0.2) is 24.3 Å². The Kier molecular flexibility index (Phi) is 4.08. The van der Waals surface area contributed by atoms with Gasteiger partial charge in [-0.25, -0.2) is 0 Å². The number of carbonyl (C=O) groups excluding carboxylic acids is 2. The van der Waals surface area contributed by atoms with Gasteiger partial charge in [0.15, 0.2) is 5.78 Å². The van der Waals surface area contributed by atoms with E-state index in [2.05, 4.69) is 4.74 Å². The van der Waals surface area contributed by atoms with E-state index in [0.29, 0.717) is 6.61 Å². The first-order valence-corrected chi connectivity index (χ1v) is 5.87. The highest BCUT2D eigenvalue weighted by Crippen LogP contribution is 2.24. The second-order valence-corrected chi connectivity index (χ2v) is 4.28. The fourth-order valence-corrected chi connectivity index (χ4v) is 1.89. The second-order valence-electron chi connectivity index (χ2n) is 4.28. The number of alkyl halides is 3. The molecule has 1 unspecified atom stereocenters. The maximum absolute atomic E-state index is 12.0. The Hall–Kier alpha value is -1.89. The molecule has 0 aliphatic carbocycles. The molecule has 108 valence electrons. The van der Waals surface area contributed by atoms with E-state index in [1.54, 1.807) is 0 Å². The van der Waals surface area contributed by atoms with Gasteiger partial charge in [0.2, 0.25) is 0 Å². The molecule has 0 bridgehead atoms. The van der Waals surface area contributed by atoms with Gasteiger partial charge in [-0.05, 0) is 24.3 Å². The Morgan fingerprint density at radius 1 is 1.25 bits per heavy atom. The molecule has 0 spiro atoms. The van der Waals surface area contributed by atoms with Crippen molar-refractivity contribution >= 4 is 11.6 Å². The summed E-state index contributed by atoms with van der Waals surface area (Å²) in [6, 6.07) is 4.47. The molecule has 0 N–H and O–H groups in total. The van der Waals surface area contributed by atoms with Gasteiger partial charge in [-0.1, -0.05) is 0 Å². The van der Waals surface area contributed by atoms with Crippen molar-refractivity contribution in [3.05, 3.63) is 29.8 Å². The fourth-order valence-electron chi connectivity index (χ4n) is 1.89. The van der Waals surface area contributed by atoms with Gasteiger partial charge in [-0.2, -0.15) is 0 Å². The Bertz CT molecular complexity index is 507. The van der Waals surface area contributed by atoms with Gasteiger partial charge in [0.25, 0.3) is 0 Å². The summed E-state index contributed by atoms with van der Waals surface area (Å²) >= 11 is 0. The molecule has 1 heterocycles. The lowest BCUT2D eigenvalue weighted by molar-refractivity contribution is -0.274. The van der Waals surface area contributed by atoms with E-state index in [4.69, 9.17) is 4.74 Å². The molecular formula is C13H11F3O4. The normalized spacial score (nSPS) is 19.8. The van der Waals surface area contributed by atoms with E-state index in [0.717, 1.165) is 12.1 Å². The molecule has 1 aliphatic rings. The molecule has 1 atom stereocenters. The van der Waals surface area contributed by atoms with Crippen molar-refractivity contribution in [2.75, 3.05) is 13.2 Å². The number of hydrogen-bond acceptors (Lipinski definition) is 4. The minimum Gasteiger partial charge on any atom is -0.406 e. The second kappa shape index (κ2) is 5.62. The van der Waals surface area contributed by atoms with Crippen molar-refractivity contribution in [3.63, 3.8) is 0 Å². The highest BCUT2D eigenvalue weighted by Gasteiger charge is 2.32. The Morgan fingerprint density at radius 2 is 1.90 bits per heavy atom. The summed E-state index contributed by atoms with van der Waals surface area (Å²) in [5, 5.41) is 0. The van der Waals surface area contributed by atoms with Crippen LogP contribution in [0.2, 0.25) is 0 Å². The molecule has 1 fully saturated rings. The molecule has 0 saturated carbocycles. The molecule has 4 nitrogen and oxygen atoms in total. The van der Waals surface area contributed by atoms with Crippen molar-refractivity contribution in [2.24, 2.45) is 5.92 Å². The molecule has 1 aromatic carbocycles. The number of carbonyl (C=O) groups is 2. The average Bonchev–Trinajstić information content (AvgIpc) is 2.37. The maximum atomic E-state index is 12.0. The lowest BCUT2D eigenvalue weighted by atomic mass is 9.91. The van der Waals surface area contributed by atoms with Crippen LogP contribution in [-0.2, 0) is 9.53 Å². The summed E-state index contributed by atoms with van der Waals surface area (Å²) in [5.41, 5.74) is 0.156. The van der Waals surface area contributed by atoms with E-state index >= 15 is 0 Å². The van der Waals surface area contributed by atoms with Crippen molar-refractivity contribution in [1.29, 1.82) is 0 Å². The first kappa shape index (κ1) is 14.5. The zero-order chi connectivity index (χ0) is 14.8. The number of hydrogen-bond donors (Lipinski definition) is 0. The molecule has 0 amide bonds. The predicted molar refractivity (Wildman–Crippen MR) is 61.4 cm³/mol. The predicted octanol–water partition coefficient (Wildman–Crippen LogP) is 2.37. The van der Waals surface area contributed by atoms with Gasteiger partial charge in [0.1, 0.15) is 17.5 Å². The summed E-state index contributed by atoms with van der Waals surface area (Å²) in [6.07, 6.45) is -4.61. The van der Waals surface area contributed by atoms with Gasteiger partial charge in [-0.3, -0.25) is 9.59 Å². The van der Waals surface area contributed by atoms with Gasteiger partial charge < -0.3 is 9.47 Å². The van der Waals surface area contributed by atoms with Gasteiger partial charge in [-0.15, -0.1) is 13.2 Å². The van der Waals surface area contributed by atoms with Crippen molar-refractivity contribution in [1.82, 2.24) is 0 Å². The summed E-state index contributed by atoms with van der Waals surface area (Å²) in [7, 11) is 0. The van der Waals surface area contributed by atoms with E-state index in [9.17, 15) is 22.8 Å². The summed E-state index contributed by atoms with van der Waals surface area (Å²) in [4.78, 5) is 23.6. The van der Waals surface area contributed by atoms with E-state index in [1.165, 1.54) is 12.1 Å². The third-order valence-electron chi connectivity index (χ3n) is 2.85. The van der Waals surface area contributed by atoms with Gasteiger partial charge >= 0.3 is 6.36 Å². The number of Topliss-reactive ketones (excluding diaryl/α,β-unsaturated/α-hetero) is 2. The largest absolute Gasteiger partial charge is 0.573 e. The highest BCUT2D eigenvalue weighted by molar-refractivity contribution is 6.11. The van der Waals surface area contributed by atoms with Crippen LogP contribution in [0.25, 0.3) is 0 Å². The fraction of sp³-hybridized carbons (Fsp3) is 0.385. The SMILES string of the molecule is O=C1CCOCC1C(=O)c1ccc(OC(F)(F)F)cc1. The van der Waals surface area contributed by atoms with Crippen LogP contribution < -0.4 is 4.74 Å². The smallest absolute Gasteiger partial charge is 0.406 e. The van der Waals surface area contributed by atoms with E-state index < -0.39 is 23.8 Å². The third kappa shape index (κ3) is 3.57. The van der Waals surface area contributed by atoms with E-state index in [1.807, 2.05) is 0 Å². The van der Waals surface area contributed by atoms with Crippen LogP contribution >= 0.6 is 0 Å². The van der Waals surface area contributed by atoms with Crippen LogP contribution in [0, 0.1) is 5.92 Å². The van der Waals surface area contributed by atoms with Crippen molar-refractivity contribution < 1.29 is 32.2 Å². The molecule has 0 aromatic heterocycles. The Balaban J connectivity index is 2.09. The van der Waals surface area contributed by atoms with Crippen LogP contribution in [-0.4, -0.2) is 31.1 Å². The number of halogens is 3. The molecule has 1 aliphatic heterocycles. The number of ketones is 2. The molecule has 1 aromatic rings. The number of ether oxygens (including phenoxy) is 2. The number of benzene rings is 1. The van der Waals surface area contributed by atoms with E-state index in [-0.39, 0.29) is 24.4 Å². The summed E-state index contributed by atoms with van der Waals surface area (Å²) < 4.78 is 44.7. The zero-order valence-corrected chi connectivity index (χ0v) is 10.3. The standard InChI is InChI=1S/C13H11F3O4/c14-13(15,16)20-9-3-1-8(2-4-9)12(18)10-7-19-6-5-11(10)17/h1-4,10H,5-7H2. The quantitative estimate of drug-likeness (QED) is 0.633. The van der Waals surface area contributed by atoms with Crippen molar-refractivity contribution in [2.45, 2.75) is 12.8 Å². The Morgan fingerprint density at radius 3 is 2.45 bits per heavy atom. The zero-order valence-electron chi connectivity index (χ0n) is 10.3. The molecular weight excluding hydrogens is 277 g/mol. The highest BCUT2D eigenvalue weighted by atomic mass is 19.4. The van der Waals surface area contributed by atoms with Crippen LogP contribution in [0.4, 0.5) is 13.2 Å². The molecule has 0 radical (unpaired) electrons. The molecule has 2 rings (SSSR count). The number of rotatable bonds is 3. The van der Waals surface area contributed by atoms with Gasteiger partial charge in [0, 0.05) is 12.0 Å². The maximum Gasteiger partial charge on any atom is 0.573 e. The minimum atomic E-state index is -4.78.